The van der Waals surface area contributed by atoms with Gasteiger partial charge in [-0.25, -0.2) is 0 Å². The lowest BCUT2D eigenvalue weighted by Crippen LogP contribution is -2.44. The minimum absolute atomic E-state index is 0.00312. The number of rotatable bonds is 1. The topological polar surface area (TPSA) is 80.3 Å². The molecule has 0 aliphatic heterocycles. The number of nitrogens with one attached hydrogen (secondary N) is 2. The Bertz CT molecular complexity index is 334. The second-order valence-electron chi connectivity index (χ2n) is 2.35. The van der Waals surface area contributed by atoms with E-state index in [2.05, 4.69) is 23.1 Å². The van der Waals surface area contributed by atoms with Gasteiger partial charge in [-0.1, -0.05) is 0 Å². The van der Waals surface area contributed by atoms with Gasteiger partial charge in [0.1, 0.15) is 5.76 Å². The van der Waals surface area contributed by atoms with Crippen molar-refractivity contribution in [1.82, 2.24) is 10.9 Å². The third-order valence-corrected chi connectivity index (χ3v) is 1.37. The average Bonchev–Trinajstić information content (AvgIpc) is 2.47. The van der Waals surface area contributed by atoms with E-state index in [0.717, 1.165) is 0 Å². The zero-order chi connectivity index (χ0) is 9.84. The molecule has 0 saturated carbocycles. The van der Waals surface area contributed by atoms with Gasteiger partial charge < -0.3 is 10.2 Å². The van der Waals surface area contributed by atoms with Crippen molar-refractivity contribution in [2.45, 2.75) is 6.92 Å². The number of furan rings is 1. The van der Waals surface area contributed by atoms with E-state index < -0.39 is 5.91 Å². The first-order valence-corrected chi connectivity index (χ1v) is 3.92. The van der Waals surface area contributed by atoms with Gasteiger partial charge in [0.15, 0.2) is 10.9 Å². The summed E-state index contributed by atoms with van der Waals surface area (Å²) >= 11 is 4.49. The molecule has 1 aromatic rings. The molecule has 0 aliphatic carbocycles. The minimum atomic E-state index is -0.416. The van der Waals surface area contributed by atoms with Crippen molar-refractivity contribution in [3.05, 3.63) is 23.7 Å². The molecule has 4 N–H and O–H groups in total. The van der Waals surface area contributed by atoms with E-state index >= 15 is 0 Å². The number of carbonyl (C=O) groups excluding carboxylic acids is 1. The van der Waals surface area contributed by atoms with Crippen LogP contribution in [0.3, 0.4) is 0 Å². The monoisotopic (exact) mass is 199 g/mol. The Morgan fingerprint density at radius 2 is 2.23 bits per heavy atom. The Kier molecular flexibility index (Phi) is 2.86. The third-order valence-electron chi connectivity index (χ3n) is 1.26. The number of hydrogen-bond acceptors (Lipinski definition) is 3. The predicted octanol–water partition coefficient (Wildman–Crippen LogP) is 0.0660. The van der Waals surface area contributed by atoms with E-state index in [9.17, 15) is 4.79 Å². The van der Waals surface area contributed by atoms with Crippen LogP contribution in [0.5, 0.6) is 0 Å². The van der Waals surface area contributed by atoms with Crippen molar-refractivity contribution in [3.63, 3.8) is 0 Å². The molecule has 0 fully saturated rings. The number of hydrogen-bond donors (Lipinski definition) is 3. The van der Waals surface area contributed by atoms with E-state index in [0.29, 0.717) is 5.76 Å². The Labute approximate surface area is 80.3 Å². The van der Waals surface area contributed by atoms with Crippen LogP contribution in [0.2, 0.25) is 0 Å². The molecule has 1 aromatic heterocycles. The van der Waals surface area contributed by atoms with Crippen molar-refractivity contribution in [1.29, 1.82) is 0 Å². The summed E-state index contributed by atoms with van der Waals surface area (Å²) in [6.07, 6.45) is 0. The number of amides is 1. The quantitative estimate of drug-likeness (QED) is 0.440. The van der Waals surface area contributed by atoms with E-state index in [-0.39, 0.29) is 10.9 Å². The molecule has 1 rings (SSSR count). The van der Waals surface area contributed by atoms with Crippen molar-refractivity contribution >= 4 is 23.2 Å². The summed E-state index contributed by atoms with van der Waals surface area (Å²) in [6, 6.07) is 3.25. The maximum absolute atomic E-state index is 11.2. The highest BCUT2D eigenvalue weighted by atomic mass is 32.1. The van der Waals surface area contributed by atoms with Gasteiger partial charge in [0.05, 0.1) is 0 Å². The van der Waals surface area contributed by atoms with Crippen LogP contribution in [0.25, 0.3) is 0 Å². The highest BCUT2D eigenvalue weighted by molar-refractivity contribution is 7.80. The number of hydrazine groups is 1. The summed E-state index contributed by atoms with van der Waals surface area (Å²) < 4.78 is 5.04. The standard InChI is InChI=1S/C7H9N3O2S/c1-4-2-3-5(12-4)6(11)9-10-7(8)13/h2-3H,1H3,(H,9,11)(H3,8,10,13). The van der Waals surface area contributed by atoms with E-state index in [1.807, 2.05) is 0 Å². The minimum Gasteiger partial charge on any atom is -0.456 e. The molecule has 0 atom stereocenters. The van der Waals surface area contributed by atoms with Crippen LogP contribution in [0.1, 0.15) is 16.3 Å². The fourth-order valence-electron chi connectivity index (χ4n) is 0.737. The van der Waals surface area contributed by atoms with Crippen LogP contribution < -0.4 is 16.6 Å². The largest absolute Gasteiger partial charge is 0.456 e. The maximum Gasteiger partial charge on any atom is 0.305 e. The molecule has 0 unspecified atom stereocenters. The summed E-state index contributed by atoms with van der Waals surface area (Å²) in [6.45, 7) is 1.75. The van der Waals surface area contributed by atoms with Crippen LogP contribution in [0, 0.1) is 6.92 Å². The summed E-state index contributed by atoms with van der Waals surface area (Å²) in [5.74, 6) is 0.461. The van der Waals surface area contributed by atoms with Crippen molar-refractivity contribution in [3.8, 4) is 0 Å². The van der Waals surface area contributed by atoms with Gasteiger partial charge in [-0.05, 0) is 31.3 Å². The predicted molar refractivity (Wildman–Crippen MR) is 50.8 cm³/mol. The lowest BCUT2D eigenvalue weighted by molar-refractivity contribution is 0.0915. The molecular weight excluding hydrogens is 190 g/mol. The average molecular weight is 199 g/mol. The maximum atomic E-state index is 11.2. The zero-order valence-corrected chi connectivity index (χ0v) is 7.77. The van der Waals surface area contributed by atoms with Gasteiger partial charge in [0.25, 0.3) is 0 Å². The van der Waals surface area contributed by atoms with Gasteiger partial charge >= 0.3 is 5.91 Å². The summed E-state index contributed by atoms with van der Waals surface area (Å²) in [7, 11) is 0. The Balaban J connectivity index is 2.54. The Hall–Kier alpha value is -1.56. The third kappa shape index (κ3) is 2.75. The SMILES string of the molecule is Cc1ccc(C(=O)NNC(N)=S)o1. The van der Waals surface area contributed by atoms with Gasteiger partial charge in [-0.2, -0.15) is 0 Å². The van der Waals surface area contributed by atoms with Gasteiger partial charge in [-0.3, -0.25) is 15.6 Å². The molecule has 6 heteroatoms. The first-order valence-electron chi connectivity index (χ1n) is 3.52. The summed E-state index contributed by atoms with van der Waals surface area (Å²) in [4.78, 5) is 11.2. The molecule has 70 valence electrons. The van der Waals surface area contributed by atoms with Crippen LogP contribution in [-0.4, -0.2) is 11.0 Å². The Morgan fingerprint density at radius 3 is 2.69 bits per heavy atom. The smallest absolute Gasteiger partial charge is 0.305 e. The number of nitrogens with two attached hydrogens (primary N) is 1. The fraction of sp³-hybridized carbons (Fsp3) is 0.143. The Morgan fingerprint density at radius 1 is 1.54 bits per heavy atom. The second-order valence-corrected chi connectivity index (χ2v) is 2.79. The first kappa shape index (κ1) is 9.53. The molecule has 0 spiro atoms. The van der Waals surface area contributed by atoms with Crippen LogP contribution >= 0.6 is 12.2 Å². The molecule has 0 bridgehead atoms. The zero-order valence-electron chi connectivity index (χ0n) is 6.96. The van der Waals surface area contributed by atoms with Crippen molar-refractivity contribution in [2.24, 2.45) is 5.73 Å². The highest BCUT2D eigenvalue weighted by Crippen LogP contribution is 2.04. The van der Waals surface area contributed by atoms with E-state index in [1.165, 1.54) is 0 Å². The highest BCUT2D eigenvalue weighted by Gasteiger charge is 2.08. The summed E-state index contributed by atoms with van der Waals surface area (Å²) in [5.41, 5.74) is 9.66. The lowest BCUT2D eigenvalue weighted by Gasteiger charge is -2.03. The van der Waals surface area contributed by atoms with Crippen LogP contribution in [0.4, 0.5) is 0 Å². The number of carbonyl (C=O) groups is 1. The number of aryl methyl sites for hydroxylation is 1. The van der Waals surface area contributed by atoms with Gasteiger partial charge in [-0.15, -0.1) is 0 Å². The lowest BCUT2D eigenvalue weighted by atomic mass is 10.4. The second kappa shape index (κ2) is 3.90. The normalized spacial score (nSPS) is 9.31. The molecule has 0 aliphatic rings. The molecule has 1 heterocycles. The van der Waals surface area contributed by atoms with E-state index in [4.69, 9.17) is 10.2 Å². The first-order chi connectivity index (χ1) is 6.09. The summed E-state index contributed by atoms with van der Waals surface area (Å²) in [5, 5.41) is -0.00312. The number of thiocarbonyl (C=S) groups is 1. The van der Waals surface area contributed by atoms with Crippen LogP contribution in [0.15, 0.2) is 16.5 Å². The molecule has 1 amide bonds. The van der Waals surface area contributed by atoms with Crippen molar-refractivity contribution in [2.75, 3.05) is 0 Å². The fourth-order valence-corrected chi connectivity index (χ4v) is 0.788. The molecule has 13 heavy (non-hydrogen) atoms. The van der Waals surface area contributed by atoms with Gasteiger partial charge in [0.2, 0.25) is 0 Å². The molecule has 0 radical (unpaired) electrons. The molecule has 0 aromatic carbocycles. The van der Waals surface area contributed by atoms with E-state index in [1.54, 1.807) is 19.1 Å². The molecular formula is C7H9N3O2S. The van der Waals surface area contributed by atoms with Gasteiger partial charge in [0, 0.05) is 0 Å². The van der Waals surface area contributed by atoms with Crippen LogP contribution in [-0.2, 0) is 0 Å². The molecule has 0 saturated heterocycles. The molecule has 5 nitrogen and oxygen atoms in total. The van der Waals surface area contributed by atoms with Crippen molar-refractivity contribution < 1.29 is 9.21 Å².